The van der Waals surface area contributed by atoms with Crippen LogP contribution in [0.4, 0.5) is 11.5 Å². The molecule has 0 aliphatic carbocycles. The van der Waals surface area contributed by atoms with Gasteiger partial charge in [-0.05, 0) is 12.5 Å². The molecule has 100 valence electrons. The van der Waals surface area contributed by atoms with Gasteiger partial charge in [0.1, 0.15) is 5.15 Å². The van der Waals surface area contributed by atoms with Crippen molar-refractivity contribution in [1.82, 2.24) is 9.71 Å². The Bertz CT molecular complexity index is 548. The van der Waals surface area contributed by atoms with Crippen LogP contribution in [0.15, 0.2) is 12.1 Å². The first kappa shape index (κ1) is 14.6. The number of nitrogens with zero attached hydrogens (tertiary/aromatic N) is 2. The Morgan fingerprint density at radius 2 is 2.17 bits per heavy atom. The third-order valence-electron chi connectivity index (χ3n) is 1.81. The number of nitrogens with one attached hydrogen (secondary N) is 2. The van der Waals surface area contributed by atoms with Gasteiger partial charge >= 0.3 is 5.69 Å². The van der Waals surface area contributed by atoms with Crippen LogP contribution in [0.25, 0.3) is 0 Å². The number of aromatic nitrogens is 1. The molecule has 0 spiro atoms. The highest BCUT2D eigenvalue weighted by Crippen LogP contribution is 2.24. The minimum atomic E-state index is -3.90. The van der Waals surface area contributed by atoms with Gasteiger partial charge in [0.05, 0.1) is 4.92 Å². The standard InChI is InChI=1S/C8H11ClN4O4S/c1-2-5-10-18(16,17)12-8-6(13(14)15)3-4-7(9)11-8/h3-4,10H,2,5H2,1H3,(H,11,12). The summed E-state index contributed by atoms with van der Waals surface area (Å²) < 4.78 is 27.2. The highest BCUT2D eigenvalue weighted by Gasteiger charge is 2.20. The van der Waals surface area contributed by atoms with Crippen molar-refractivity contribution in [3.05, 3.63) is 27.4 Å². The summed E-state index contributed by atoms with van der Waals surface area (Å²) in [5, 5.41) is 10.7. The predicted molar refractivity (Wildman–Crippen MR) is 66.7 cm³/mol. The Morgan fingerprint density at radius 3 is 2.72 bits per heavy atom. The van der Waals surface area contributed by atoms with E-state index < -0.39 is 26.6 Å². The smallest absolute Gasteiger partial charge is 0.258 e. The van der Waals surface area contributed by atoms with Gasteiger partial charge in [-0.1, -0.05) is 18.5 Å². The van der Waals surface area contributed by atoms with E-state index in [1.165, 1.54) is 6.07 Å². The lowest BCUT2D eigenvalue weighted by molar-refractivity contribution is -0.384. The van der Waals surface area contributed by atoms with Crippen molar-refractivity contribution in [2.45, 2.75) is 13.3 Å². The molecule has 8 nitrogen and oxygen atoms in total. The van der Waals surface area contributed by atoms with Gasteiger partial charge in [0.25, 0.3) is 10.2 Å². The molecule has 0 fully saturated rings. The zero-order valence-corrected chi connectivity index (χ0v) is 11.0. The fourth-order valence-corrected chi connectivity index (χ4v) is 2.15. The topological polar surface area (TPSA) is 114 Å². The number of hydrogen-bond acceptors (Lipinski definition) is 5. The molecular formula is C8H11ClN4O4S. The van der Waals surface area contributed by atoms with Gasteiger partial charge in [-0.25, -0.2) is 9.71 Å². The molecule has 0 radical (unpaired) electrons. The van der Waals surface area contributed by atoms with Gasteiger partial charge in [-0.3, -0.25) is 10.1 Å². The molecule has 0 saturated heterocycles. The Balaban J connectivity index is 3.02. The van der Waals surface area contributed by atoms with E-state index in [4.69, 9.17) is 11.6 Å². The van der Waals surface area contributed by atoms with Gasteiger partial charge in [0.15, 0.2) is 0 Å². The summed E-state index contributed by atoms with van der Waals surface area (Å²) in [4.78, 5) is 13.5. The highest BCUT2D eigenvalue weighted by molar-refractivity contribution is 7.90. The SMILES string of the molecule is CCCNS(=O)(=O)Nc1nc(Cl)ccc1[N+](=O)[O-]. The molecule has 1 aromatic heterocycles. The summed E-state index contributed by atoms with van der Waals surface area (Å²) in [6.07, 6.45) is 0.589. The van der Waals surface area contributed by atoms with Crippen molar-refractivity contribution in [3.8, 4) is 0 Å². The molecule has 0 atom stereocenters. The van der Waals surface area contributed by atoms with Crippen molar-refractivity contribution >= 4 is 33.3 Å². The van der Waals surface area contributed by atoms with Crippen LogP contribution in [0.1, 0.15) is 13.3 Å². The van der Waals surface area contributed by atoms with Gasteiger partial charge in [-0.15, -0.1) is 0 Å². The fraction of sp³-hybridized carbons (Fsp3) is 0.375. The Morgan fingerprint density at radius 1 is 1.50 bits per heavy atom. The van der Waals surface area contributed by atoms with E-state index in [9.17, 15) is 18.5 Å². The van der Waals surface area contributed by atoms with Crippen LogP contribution >= 0.6 is 11.6 Å². The van der Waals surface area contributed by atoms with E-state index in [-0.39, 0.29) is 11.7 Å². The first-order chi connectivity index (χ1) is 8.35. The second-order valence-electron chi connectivity index (χ2n) is 3.26. The van der Waals surface area contributed by atoms with E-state index in [0.717, 1.165) is 6.07 Å². The molecule has 0 aliphatic heterocycles. The van der Waals surface area contributed by atoms with Crippen molar-refractivity contribution < 1.29 is 13.3 Å². The van der Waals surface area contributed by atoms with E-state index >= 15 is 0 Å². The van der Waals surface area contributed by atoms with Crippen LogP contribution < -0.4 is 9.44 Å². The largest absolute Gasteiger partial charge is 0.312 e. The number of pyridine rings is 1. The molecule has 0 saturated carbocycles. The van der Waals surface area contributed by atoms with Crippen LogP contribution in [0.3, 0.4) is 0 Å². The lowest BCUT2D eigenvalue weighted by Gasteiger charge is -2.08. The normalized spacial score (nSPS) is 11.2. The zero-order valence-electron chi connectivity index (χ0n) is 9.38. The van der Waals surface area contributed by atoms with Gasteiger partial charge in [0, 0.05) is 12.6 Å². The molecular weight excluding hydrogens is 284 g/mol. The average Bonchev–Trinajstić information content (AvgIpc) is 2.25. The molecule has 0 unspecified atom stereocenters. The van der Waals surface area contributed by atoms with Crippen LogP contribution in [0.2, 0.25) is 5.15 Å². The molecule has 1 aromatic rings. The van der Waals surface area contributed by atoms with Crippen LogP contribution in [0, 0.1) is 10.1 Å². The number of nitro groups is 1. The first-order valence-corrected chi connectivity index (χ1v) is 6.80. The summed E-state index contributed by atoms with van der Waals surface area (Å²) in [5.41, 5.74) is -0.471. The Kier molecular flexibility index (Phi) is 4.82. The second kappa shape index (κ2) is 5.94. The number of rotatable bonds is 6. The maximum atomic E-state index is 11.5. The molecule has 0 aliphatic rings. The summed E-state index contributed by atoms with van der Waals surface area (Å²) in [6.45, 7) is 1.99. The summed E-state index contributed by atoms with van der Waals surface area (Å²) >= 11 is 5.57. The molecule has 1 heterocycles. The number of halogens is 1. The van der Waals surface area contributed by atoms with E-state index in [1.807, 2.05) is 4.72 Å². The second-order valence-corrected chi connectivity index (χ2v) is 5.15. The van der Waals surface area contributed by atoms with Crippen LogP contribution in [-0.2, 0) is 10.2 Å². The fourth-order valence-electron chi connectivity index (χ4n) is 1.05. The lowest BCUT2D eigenvalue weighted by atomic mass is 10.4. The molecule has 10 heteroatoms. The lowest BCUT2D eigenvalue weighted by Crippen LogP contribution is -2.31. The average molecular weight is 295 g/mol. The molecule has 18 heavy (non-hydrogen) atoms. The first-order valence-electron chi connectivity index (χ1n) is 4.94. The monoisotopic (exact) mass is 294 g/mol. The minimum Gasteiger partial charge on any atom is -0.258 e. The van der Waals surface area contributed by atoms with E-state index in [1.54, 1.807) is 6.92 Å². The summed E-state index contributed by atoms with van der Waals surface area (Å²) in [6, 6.07) is 2.28. The maximum Gasteiger partial charge on any atom is 0.312 e. The zero-order chi connectivity index (χ0) is 13.8. The van der Waals surface area contributed by atoms with Crippen LogP contribution in [0.5, 0.6) is 0 Å². The van der Waals surface area contributed by atoms with Gasteiger partial charge in [0.2, 0.25) is 5.82 Å². The van der Waals surface area contributed by atoms with Crippen molar-refractivity contribution in [3.63, 3.8) is 0 Å². The summed E-state index contributed by atoms with van der Waals surface area (Å²) in [5.74, 6) is -0.420. The van der Waals surface area contributed by atoms with Crippen molar-refractivity contribution in [2.24, 2.45) is 0 Å². The predicted octanol–water partition coefficient (Wildman–Crippen LogP) is 1.30. The van der Waals surface area contributed by atoms with Crippen molar-refractivity contribution in [1.29, 1.82) is 0 Å². The van der Waals surface area contributed by atoms with E-state index in [2.05, 4.69) is 9.71 Å². The van der Waals surface area contributed by atoms with Gasteiger partial charge in [-0.2, -0.15) is 13.1 Å². The van der Waals surface area contributed by atoms with Crippen LogP contribution in [-0.4, -0.2) is 24.9 Å². The third kappa shape index (κ3) is 4.09. The molecule has 0 bridgehead atoms. The Hall–Kier alpha value is -1.45. The summed E-state index contributed by atoms with van der Waals surface area (Å²) in [7, 11) is -3.90. The number of anilines is 1. The quantitative estimate of drug-likeness (QED) is 0.466. The number of hydrogen-bond donors (Lipinski definition) is 2. The Labute approximate surface area is 109 Å². The van der Waals surface area contributed by atoms with Gasteiger partial charge < -0.3 is 0 Å². The minimum absolute atomic E-state index is 0.0474. The molecule has 2 N–H and O–H groups in total. The molecule has 0 amide bonds. The molecule has 0 aromatic carbocycles. The molecule has 1 rings (SSSR count). The third-order valence-corrected chi connectivity index (χ3v) is 3.07. The van der Waals surface area contributed by atoms with E-state index in [0.29, 0.717) is 6.42 Å². The van der Waals surface area contributed by atoms with Crippen molar-refractivity contribution in [2.75, 3.05) is 11.3 Å². The highest BCUT2D eigenvalue weighted by atomic mass is 35.5. The maximum absolute atomic E-state index is 11.5.